The van der Waals surface area contributed by atoms with Gasteiger partial charge in [-0.1, -0.05) is 31.6 Å². The van der Waals surface area contributed by atoms with E-state index in [0.717, 1.165) is 30.8 Å². The van der Waals surface area contributed by atoms with Crippen LogP contribution in [0.3, 0.4) is 0 Å². The van der Waals surface area contributed by atoms with Crippen LogP contribution in [0, 0.1) is 5.92 Å². The first-order chi connectivity index (χ1) is 14.4. The zero-order valence-electron chi connectivity index (χ0n) is 18.0. The van der Waals surface area contributed by atoms with Crippen LogP contribution in [0.4, 0.5) is 0 Å². The number of carboxylic acid groups (broad SMARTS) is 1. The number of carbonyl (C=O) groups is 1. The number of carboxylic acids is 1. The molecular weight excluding hydrogens is 376 g/mol. The molecule has 1 fully saturated rings. The number of benzene rings is 1. The molecule has 5 heteroatoms. The first-order valence-corrected chi connectivity index (χ1v) is 10.8. The van der Waals surface area contributed by atoms with E-state index in [9.17, 15) is 4.79 Å². The number of allylic oxidation sites excluding steroid dienone is 1. The van der Waals surface area contributed by atoms with E-state index >= 15 is 0 Å². The SMILES string of the molecule is CC1=C(CN2CC(C(=O)O)C2)CCc2cc(OCc3ccc(C(C)C)cn3)ccc21. The van der Waals surface area contributed by atoms with Crippen molar-refractivity contribution in [1.29, 1.82) is 0 Å². The Balaban J connectivity index is 1.38. The number of rotatable bonds is 7. The molecule has 1 saturated heterocycles. The topological polar surface area (TPSA) is 62.7 Å². The molecule has 2 heterocycles. The maximum absolute atomic E-state index is 11.0. The summed E-state index contributed by atoms with van der Waals surface area (Å²) in [6, 6.07) is 10.5. The third-order valence-electron chi connectivity index (χ3n) is 6.33. The zero-order chi connectivity index (χ0) is 21.3. The van der Waals surface area contributed by atoms with Gasteiger partial charge in [-0.05, 0) is 66.1 Å². The third-order valence-corrected chi connectivity index (χ3v) is 6.33. The minimum atomic E-state index is -0.676. The molecule has 0 amide bonds. The summed E-state index contributed by atoms with van der Waals surface area (Å²) in [6.07, 6.45) is 3.95. The molecule has 0 radical (unpaired) electrons. The fourth-order valence-corrected chi connectivity index (χ4v) is 4.24. The standard InChI is InChI=1S/C25H30N2O3/c1-16(2)19-6-7-22(26-11-19)15-30-23-8-9-24-17(3)20(5-4-18(24)10-23)12-27-13-21(14-27)25(28)29/h6-11,16,21H,4-5,12-15H2,1-3H3,(H,28,29). The van der Waals surface area contributed by atoms with Crippen molar-refractivity contribution in [3.05, 3.63) is 64.5 Å². The van der Waals surface area contributed by atoms with Crippen molar-refractivity contribution in [2.24, 2.45) is 5.92 Å². The molecule has 0 unspecified atom stereocenters. The van der Waals surface area contributed by atoms with Gasteiger partial charge in [-0.2, -0.15) is 0 Å². The maximum atomic E-state index is 11.0. The number of fused-ring (bicyclic) bond motifs is 1. The second-order valence-electron chi connectivity index (χ2n) is 8.80. The van der Waals surface area contributed by atoms with E-state index in [-0.39, 0.29) is 5.92 Å². The van der Waals surface area contributed by atoms with Crippen LogP contribution in [0.1, 0.15) is 55.5 Å². The first-order valence-electron chi connectivity index (χ1n) is 10.8. The molecule has 4 rings (SSSR count). The summed E-state index contributed by atoms with van der Waals surface area (Å²) < 4.78 is 6.00. The van der Waals surface area contributed by atoms with E-state index in [2.05, 4.69) is 48.9 Å². The highest BCUT2D eigenvalue weighted by Crippen LogP contribution is 2.34. The number of nitrogens with zero attached hydrogens (tertiary/aromatic N) is 2. The molecule has 1 aromatic carbocycles. The van der Waals surface area contributed by atoms with Gasteiger partial charge in [0.15, 0.2) is 0 Å². The monoisotopic (exact) mass is 406 g/mol. The van der Waals surface area contributed by atoms with Crippen LogP contribution in [-0.2, 0) is 17.8 Å². The van der Waals surface area contributed by atoms with Gasteiger partial charge >= 0.3 is 5.97 Å². The number of aliphatic carboxylic acids is 1. The van der Waals surface area contributed by atoms with Gasteiger partial charge in [0, 0.05) is 25.8 Å². The van der Waals surface area contributed by atoms with Crippen molar-refractivity contribution < 1.29 is 14.6 Å². The highest BCUT2D eigenvalue weighted by molar-refractivity contribution is 5.73. The Labute approximate surface area is 178 Å². The molecule has 1 aliphatic carbocycles. The number of hydrogen-bond donors (Lipinski definition) is 1. The van der Waals surface area contributed by atoms with Crippen LogP contribution in [0.5, 0.6) is 5.75 Å². The van der Waals surface area contributed by atoms with Crippen molar-refractivity contribution in [3.8, 4) is 5.75 Å². The quantitative estimate of drug-likeness (QED) is 0.732. The van der Waals surface area contributed by atoms with Gasteiger partial charge in [0.25, 0.3) is 0 Å². The van der Waals surface area contributed by atoms with Crippen molar-refractivity contribution in [3.63, 3.8) is 0 Å². The van der Waals surface area contributed by atoms with E-state index in [1.807, 2.05) is 18.3 Å². The van der Waals surface area contributed by atoms with E-state index in [4.69, 9.17) is 9.84 Å². The lowest BCUT2D eigenvalue weighted by molar-refractivity contribution is -0.147. The van der Waals surface area contributed by atoms with E-state index in [0.29, 0.717) is 25.6 Å². The molecule has 1 aliphatic heterocycles. The predicted molar refractivity (Wildman–Crippen MR) is 118 cm³/mol. The zero-order valence-corrected chi connectivity index (χ0v) is 18.0. The summed E-state index contributed by atoms with van der Waals surface area (Å²) in [5.41, 5.74) is 7.54. The van der Waals surface area contributed by atoms with Crippen molar-refractivity contribution in [1.82, 2.24) is 9.88 Å². The summed E-state index contributed by atoms with van der Waals surface area (Å²) in [4.78, 5) is 17.8. The predicted octanol–water partition coefficient (Wildman–Crippen LogP) is 4.52. The Morgan fingerprint density at radius 3 is 2.70 bits per heavy atom. The lowest BCUT2D eigenvalue weighted by Crippen LogP contribution is -2.50. The summed E-state index contributed by atoms with van der Waals surface area (Å²) in [5, 5.41) is 9.06. The highest BCUT2D eigenvalue weighted by Gasteiger charge is 2.33. The lowest BCUT2D eigenvalue weighted by atomic mass is 9.85. The molecule has 1 N–H and O–H groups in total. The van der Waals surface area contributed by atoms with Crippen LogP contribution in [0.25, 0.3) is 5.57 Å². The summed E-state index contributed by atoms with van der Waals surface area (Å²) in [6.45, 7) is 9.19. The number of likely N-dealkylation sites (tertiary alicyclic amines) is 1. The minimum absolute atomic E-state index is 0.197. The molecule has 158 valence electrons. The van der Waals surface area contributed by atoms with Gasteiger partial charge in [0.05, 0.1) is 11.6 Å². The molecule has 0 saturated carbocycles. The Morgan fingerprint density at radius 2 is 2.03 bits per heavy atom. The first kappa shape index (κ1) is 20.6. The molecule has 30 heavy (non-hydrogen) atoms. The average molecular weight is 407 g/mol. The molecule has 1 aromatic heterocycles. The average Bonchev–Trinajstić information content (AvgIpc) is 2.70. The van der Waals surface area contributed by atoms with Gasteiger partial charge in [-0.3, -0.25) is 14.7 Å². The van der Waals surface area contributed by atoms with E-state index in [1.54, 1.807) is 0 Å². The molecule has 2 aromatic rings. The number of aromatic nitrogens is 1. The summed E-state index contributed by atoms with van der Waals surface area (Å²) in [7, 11) is 0. The third kappa shape index (κ3) is 4.41. The number of pyridine rings is 1. The van der Waals surface area contributed by atoms with Gasteiger partial charge in [-0.15, -0.1) is 0 Å². The van der Waals surface area contributed by atoms with Crippen molar-refractivity contribution in [2.75, 3.05) is 19.6 Å². The molecule has 0 spiro atoms. The van der Waals surface area contributed by atoms with Crippen LogP contribution in [0.2, 0.25) is 0 Å². The fraction of sp³-hybridized carbons (Fsp3) is 0.440. The van der Waals surface area contributed by atoms with Crippen LogP contribution in [-0.4, -0.2) is 40.6 Å². The highest BCUT2D eigenvalue weighted by atomic mass is 16.5. The van der Waals surface area contributed by atoms with Crippen molar-refractivity contribution >= 4 is 11.5 Å². The molecular formula is C25H30N2O3. The number of ether oxygens (including phenoxy) is 1. The largest absolute Gasteiger partial charge is 0.487 e. The Morgan fingerprint density at radius 1 is 1.23 bits per heavy atom. The summed E-state index contributed by atoms with van der Waals surface area (Å²) >= 11 is 0. The smallest absolute Gasteiger partial charge is 0.309 e. The van der Waals surface area contributed by atoms with Gasteiger partial charge in [0.2, 0.25) is 0 Å². The molecule has 0 bridgehead atoms. The van der Waals surface area contributed by atoms with Crippen LogP contribution >= 0.6 is 0 Å². The minimum Gasteiger partial charge on any atom is -0.487 e. The second-order valence-corrected chi connectivity index (χ2v) is 8.80. The fourth-order valence-electron chi connectivity index (χ4n) is 4.24. The molecule has 2 aliphatic rings. The van der Waals surface area contributed by atoms with Gasteiger partial charge in [0.1, 0.15) is 12.4 Å². The maximum Gasteiger partial charge on any atom is 0.309 e. The Hall–Kier alpha value is -2.66. The lowest BCUT2D eigenvalue weighted by Gasteiger charge is -2.38. The van der Waals surface area contributed by atoms with E-state index in [1.165, 1.54) is 27.8 Å². The second kappa shape index (κ2) is 8.60. The molecule has 5 nitrogen and oxygen atoms in total. The normalized spacial score (nSPS) is 17.1. The van der Waals surface area contributed by atoms with Gasteiger partial charge < -0.3 is 9.84 Å². The van der Waals surface area contributed by atoms with Gasteiger partial charge in [-0.25, -0.2) is 0 Å². The van der Waals surface area contributed by atoms with E-state index < -0.39 is 5.97 Å². The Bertz CT molecular complexity index is 957. The number of aryl methyl sites for hydroxylation is 1. The van der Waals surface area contributed by atoms with Crippen LogP contribution in [0.15, 0.2) is 42.1 Å². The number of hydrogen-bond acceptors (Lipinski definition) is 4. The molecule has 0 atom stereocenters. The summed E-state index contributed by atoms with van der Waals surface area (Å²) in [5.74, 6) is 0.489. The van der Waals surface area contributed by atoms with Crippen molar-refractivity contribution in [2.45, 2.75) is 46.1 Å². The Kier molecular flexibility index (Phi) is 5.91. The van der Waals surface area contributed by atoms with Crippen LogP contribution < -0.4 is 4.74 Å².